The van der Waals surface area contributed by atoms with Crippen LogP contribution >= 0.6 is 11.6 Å². The van der Waals surface area contributed by atoms with Gasteiger partial charge in [0, 0.05) is 30.1 Å². The van der Waals surface area contributed by atoms with E-state index >= 15 is 0 Å². The molecule has 1 aliphatic heterocycles. The minimum Gasteiger partial charge on any atom is -0.455 e. The van der Waals surface area contributed by atoms with E-state index in [1.165, 1.54) is 0 Å². The van der Waals surface area contributed by atoms with Gasteiger partial charge in [-0.2, -0.15) is 0 Å². The highest BCUT2D eigenvalue weighted by molar-refractivity contribution is 6.31. The molecule has 2 heterocycles. The minimum atomic E-state index is -0.526. The molecule has 0 unspecified atom stereocenters. The van der Waals surface area contributed by atoms with Crippen molar-refractivity contribution in [3.05, 3.63) is 71.1 Å². The van der Waals surface area contributed by atoms with Gasteiger partial charge in [0.25, 0.3) is 5.89 Å². The molecule has 3 aromatic rings. The molecule has 0 aliphatic carbocycles. The summed E-state index contributed by atoms with van der Waals surface area (Å²) in [6.45, 7) is 0.530. The van der Waals surface area contributed by atoms with Gasteiger partial charge >= 0.3 is 5.97 Å². The van der Waals surface area contributed by atoms with Crippen LogP contribution in [-0.2, 0) is 27.5 Å². The van der Waals surface area contributed by atoms with Crippen LogP contribution in [-0.4, -0.2) is 33.5 Å². The van der Waals surface area contributed by atoms with E-state index in [9.17, 15) is 9.59 Å². The van der Waals surface area contributed by atoms with E-state index in [-0.39, 0.29) is 24.8 Å². The van der Waals surface area contributed by atoms with Crippen molar-refractivity contribution in [1.29, 1.82) is 0 Å². The molecule has 0 radical (unpaired) electrons. The lowest BCUT2D eigenvalue weighted by Crippen LogP contribution is -2.26. The first kappa shape index (κ1) is 19.1. The standard InChI is InChI=1S/C21H18ClN3O4/c22-17-9-5-4-8-15(17)11-25-12-16(10-19(25)26)21(27)28-13-18-23-24-20(29-18)14-6-2-1-3-7-14/h1-9,16H,10-13H2/t16-/m1/s1. The molecular formula is C21H18ClN3O4. The normalized spacial score (nSPS) is 16.2. The van der Waals surface area contributed by atoms with Crippen LogP contribution in [0.2, 0.25) is 5.02 Å². The number of halogens is 1. The van der Waals surface area contributed by atoms with Gasteiger partial charge in [-0.05, 0) is 23.8 Å². The lowest BCUT2D eigenvalue weighted by Gasteiger charge is -2.17. The fourth-order valence-electron chi connectivity index (χ4n) is 3.18. The van der Waals surface area contributed by atoms with Crippen molar-refractivity contribution < 1.29 is 18.7 Å². The summed E-state index contributed by atoms with van der Waals surface area (Å²) in [5.74, 6) is -0.523. The van der Waals surface area contributed by atoms with Crippen molar-refractivity contribution in [2.45, 2.75) is 19.6 Å². The Bertz CT molecular complexity index is 1020. The zero-order chi connectivity index (χ0) is 20.2. The van der Waals surface area contributed by atoms with Crippen LogP contribution in [0, 0.1) is 5.92 Å². The van der Waals surface area contributed by atoms with E-state index in [0.717, 1.165) is 11.1 Å². The van der Waals surface area contributed by atoms with Crippen molar-refractivity contribution >= 4 is 23.5 Å². The zero-order valence-electron chi connectivity index (χ0n) is 15.5. The van der Waals surface area contributed by atoms with E-state index in [4.69, 9.17) is 20.8 Å². The summed E-state index contributed by atoms with van der Waals surface area (Å²) in [7, 11) is 0. The van der Waals surface area contributed by atoms with Crippen molar-refractivity contribution in [3.8, 4) is 11.5 Å². The van der Waals surface area contributed by atoms with Crippen LogP contribution in [0.4, 0.5) is 0 Å². The van der Waals surface area contributed by atoms with Gasteiger partial charge in [-0.3, -0.25) is 9.59 Å². The molecule has 8 heteroatoms. The van der Waals surface area contributed by atoms with Crippen LogP contribution in [0.3, 0.4) is 0 Å². The zero-order valence-corrected chi connectivity index (χ0v) is 16.2. The van der Waals surface area contributed by atoms with Crippen molar-refractivity contribution in [3.63, 3.8) is 0 Å². The molecule has 7 nitrogen and oxygen atoms in total. The smallest absolute Gasteiger partial charge is 0.311 e. The SMILES string of the molecule is O=C(OCc1nnc(-c2ccccc2)o1)[C@@H]1CC(=O)N(Cc2ccccc2Cl)C1. The van der Waals surface area contributed by atoms with Crippen LogP contribution in [0.1, 0.15) is 17.9 Å². The summed E-state index contributed by atoms with van der Waals surface area (Å²) in [6.07, 6.45) is 0.113. The molecule has 1 aliphatic rings. The Hall–Kier alpha value is -3.19. The summed E-state index contributed by atoms with van der Waals surface area (Å²) < 4.78 is 10.8. The summed E-state index contributed by atoms with van der Waals surface area (Å²) in [5.41, 5.74) is 1.63. The third-order valence-electron chi connectivity index (χ3n) is 4.69. The highest BCUT2D eigenvalue weighted by Gasteiger charge is 2.35. The maximum absolute atomic E-state index is 12.4. The molecule has 0 bridgehead atoms. The van der Waals surface area contributed by atoms with Gasteiger partial charge in [-0.1, -0.05) is 48.0 Å². The molecule has 1 fully saturated rings. The van der Waals surface area contributed by atoms with Gasteiger partial charge in [0.05, 0.1) is 5.92 Å². The average molecular weight is 412 g/mol. The number of carbonyl (C=O) groups is 2. The highest BCUT2D eigenvalue weighted by Crippen LogP contribution is 2.25. The van der Waals surface area contributed by atoms with Crippen molar-refractivity contribution in [2.75, 3.05) is 6.54 Å². The number of aromatic nitrogens is 2. The van der Waals surface area contributed by atoms with E-state index < -0.39 is 11.9 Å². The molecule has 0 spiro atoms. The largest absolute Gasteiger partial charge is 0.455 e. The molecule has 1 amide bonds. The Labute approximate surface area is 172 Å². The van der Waals surface area contributed by atoms with E-state index in [1.54, 1.807) is 11.0 Å². The summed E-state index contributed by atoms with van der Waals surface area (Å²) in [4.78, 5) is 26.3. The van der Waals surface area contributed by atoms with E-state index in [0.29, 0.717) is 24.0 Å². The number of nitrogens with zero attached hydrogens (tertiary/aromatic N) is 3. The Balaban J connectivity index is 1.32. The summed E-state index contributed by atoms with van der Waals surface area (Å²) in [6, 6.07) is 16.6. The molecule has 0 saturated carbocycles. The molecule has 1 aromatic heterocycles. The van der Waals surface area contributed by atoms with Crippen molar-refractivity contribution in [2.24, 2.45) is 5.92 Å². The number of carbonyl (C=O) groups excluding carboxylic acids is 2. The third-order valence-corrected chi connectivity index (χ3v) is 5.06. The Morgan fingerprint density at radius 3 is 2.69 bits per heavy atom. The first-order valence-electron chi connectivity index (χ1n) is 9.16. The third kappa shape index (κ3) is 4.46. The quantitative estimate of drug-likeness (QED) is 0.577. The second-order valence-electron chi connectivity index (χ2n) is 6.74. The fraction of sp³-hybridized carbons (Fsp3) is 0.238. The number of likely N-dealkylation sites (tertiary alicyclic amines) is 1. The van der Waals surface area contributed by atoms with E-state index in [2.05, 4.69) is 10.2 Å². The maximum atomic E-state index is 12.4. The predicted octanol–water partition coefficient (Wildman–Crippen LogP) is 3.48. The number of rotatable bonds is 6. The second-order valence-corrected chi connectivity index (χ2v) is 7.15. The Kier molecular flexibility index (Phi) is 5.57. The Morgan fingerprint density at radius 2 is 1.90 bits per heavy atom. The number of amides is 1. The minimum absolute atomic E-state index is 0.101. The number of esters is 1. The lowest BCUT2D eigenvalue weighted by atomic mass is 10.1. The molecule has 2 aromatic carbocycles. The van der Waals surface area contributed by atoms with Crippen LogP contribution in [0.15, 0.2) is 59.0 Å². The molecule has 1 atom stereocenters. The molecule has 29 heavy (non-hydrogen) atoms. The second kappa shape index (κ2) is 8.45. The summed E-state index contributed by atoms with van der Waals surface area (Å²) in [5, 5.41) is 8.45. The molecule has 0 N–H and O–H groups in total. The van der Waals surface area contributed by atoms with Gasteiger partial charge in [0.1, 0.15) is 0 Å². The van der Waals surface area contributed by atoms with E-state index in [1.807, 2.05) is 48.5 Å². The van der Waals surface area contributed by atoms with Gasteiger partial charge in [0.2, 0.25) is 11.8 Å². The lowest BCUT2D eigenvalue weighted by molar-refractivity contribution is -0.150. The average Bonchev–Trinajstić information content (AvgIpc) is 3.36. The fourth-order valence-corrected chi connectivity index (χ4v) is 3.37. The number of benzene rings is 2. The first-order chi connectivity index (χ1) is 14.1. The highest BCUT2D eigenvalue weighted by atomic mass is 35.5. The van der Waals surface area contributed by atoms with Gasteiger partial charge < -0.3 is 14.1 Å². The van der Waals surface area contributed by atoms with Crippen LogP contribution in [0.25, 0.3) is 11.5 Å². The molecule has 148 valence electrons. The van der Waals surface area contributed by atoms with Gasteiger partial charge in [0.15, 0.2) is 6.61 Å². The topological polar surface area (TPSA) is 85.5 Å². The molecular weight excluding hydrogens is 394 g/mol. The predicted molar refractivity (Wildman–Crippen MR) is 105 cm³/mol. The number of ether oxygens (including phenoxy) is 1. The molecule has 1 saturated heterocycles. The summed E-state index contributed by atoms with van der Waals surface area (Å²) >= 11 is 6.16. The van der Waals surface area contributed by atoms with Crippen molar-refractivity contribution in [1.82, 2.24) is 15.1 Å². The van der Waals surface area contributed by atoms with Gasteiger partial charge in [-0.25, -0.2) is 0 Å². The first-order valence-corrected chi connectivity index (χ1v) is 9.53. The maximum Gasteiger partial charge on any atom is 0.311 e. The number of hydrogen-bond donors (Lipinski definition) is 0. The number of hydrogen-bond acceptors (Lipinski definition) is 6. The Morgan fingerprint density at radius 1 is 1.14 bits per heavy atom. The van der Waals surface area contributed by atoms with Crippen LogP contribution in [0.5, 0.6) is 0 Å². The van der Waals surface area contributed by atoms with Crippen LogP contribution < -0.4 is 0 Å². The van der Waals surface area contributed by atoms with Gasteiger partial charge in [-0.15, -0.1) is 10.2 Å². The monoisotopic (exact) mass is 411 g/mol. The molecule has 4 rings (SSSR count).